The quantitative estimate of drug-likeness (QED) is 0.259. The predicted molar refractivity (Wildman–Crippen MR) is 162 cm³/mol. The topological polar surface area (TPSA) is 76.9 Å². The Morgan fingerprint density at radius 1 is 1.07 bits per heavy atom. The van der Waals surface area contributed by atoms with E-state index in [2.05, 4.69) is 13.0 Å². The second kappa shape index (κ2) is 12.1. The summed E-state index contributed by atoms with van der Waals surface area (Å²) in [6, 6.07) is 21.4. The summed E-state index contributed by atoms with van der Waals surface area (Å²) in [5.74, 6) is 1.33. The van der Waals surface area contributed by atoms with Crippen LogP contribution in [0.4, 0.5) is 11.4 Å². The van der Waals surface area contributed by atoms with Crippen LogP contribution in [0.15, 0.2) is 66.7 Å². The average Bonchev–Trinajstić information content (AvgIpc) is 3.54. The van der Waals surface area contributed by atoms with Gasteiger partial charge in [-0.2, -0.15) is 0 Å². The highest BCUT2D eigenvalue weighted by atomic mass is 16.5. The number of amides is 2. The molecule has 8 heteroatoms. The Morgan fingerprint density at radius 3 is 2.54 bits per heavy atom. The molecule has 4 aromatic rings. The minimum absolute atomic E-state index is 0.0351. The number of aryl methyl sites for hydroxylation is 2. The number of anilines is 2. The molecule has 0 aliphatic carbocycles. The number of hydrogen-bond donors (Lipinski definition) is 0. The molecule has 5 rings (SSSR count). The first-order chi connectivity index (χ1) is 19.9. The van der Waals surface area contributed by atoms with Crippen LogP contribution in [0.1, 0.15) is 43.1 Å². The van der Waals surface area contributed by atoms with Crippen LogP contribution in [0.2, 0.25) is 0 Å². The zero-order valence-corrected chi connectivity index (χ0v) is 24.5. The van der Waals surface area contributed by atoms with Crippen LogP contribution in [0.5, 0.6) is 5.75 Å². The largest absolute Gasteiger partial charge is 0.497 e. The van der Waals surface area contributed by atoms with E-state index in [9.17, 15) is 9.59 Å². The van der Waals surface area contributed by atoms with Crippen molar-refractivity contribution in [1.82, 2.24) is 9.55 Å². The van der Waals surface area contributed by atoms with E-state index in [1.54, 1.807) is 19.1 Å². The Hall–Kier alpha value is -4.17. The summed E-state index contributed by atoms with van der Waals surface area (Å²) in [4.78, 5) is 36.1. The maximum absolute atomic E-state index is 14.3. The number of carbonyl (C=O) groups excluding carboxylic acids is 2. The number of nitrogens with zero attached hydrogens (tertiary/aromatic N) is 4. The zero-order valence-electron chi connectivity index (χ0n) is 24.5. The summed E-state index contributed by atoms with van der Waals surface area (Å²) in [6.45, 7) is 7.18. The predicted octanol–water partition coefficient (Wildman–Crippen LogP) is 5.50. The summed E-state index contributed by atoms with van der Waals surface area (Å²) < 4.78 is 12.8. The summed E-state index contributed by atoms with van der Waals surface area (Å²) in [5.41, 5.74) is 5.63. The maximum atomic E-state index is 14.3. The van der Waals surface area contributed by atoms with Gasteiger partial charge in [0.25, 0.3) is 0 Å². The third-order valence-corrected chi connectivity index (χ3v) is 7.91. The molecule has 0 radical (unpaired) electrons. The lowest BCUT2D eigenvalue weighted by molar-refractivity contribution is -0.120. The fourth-order valence-corrected chi connectivity index (χ4v) is 5.93. The van der Waals surface area contributed by atoms with Gasteiger partial charge in [-0.05, 0) is 67.8 Å². The monoisotopic (exact) mass is 554 g/mol. The van der Waals surface area contributed by atoms with E-state index in [0.29, 0.717) is 19.6 Å². The fraction of sp³-hybridized carbons (Fsp3) is 0.364. The highest BCUT2D eigenvalue weighted by Gasteiger charge is 2.36. The van der Waals surface area contributed by atoms with Crippen LogP contribution >= 0.6 is 0 Å². The van der Waals surface area contributed by atoms with Crippen LogP contribution in [0.3, 0.4) is 0 Å². The molecule has 0 spiro atoms. The van der Waals surface area contributed by atoms with Gasteiger partial charge in [0.05, 0.1) is 36.5 Å². The number of benzene rings is 3. The van der Waals surface area contributed by atoms with E-state index in [-0.39, 0.29) is 30.3 Å². The van der Waals surface area contributed by atoms with Gasteiger partial charge in [0.2, 0.25) is 11.8 Å². The molecule has 41 heavy (non-hydrogen) atoms. The van der Waals surface area contributed by atoms with Crippen molar-refractivity contribution >= 4 is 34.2 Å². The van der Waals surface area contributed by atoms with Crippen LogP contribution in [0.25, 0.3) is 11.0 Å². The van der Waals surface area contributed by atoms with Gasteiger partial charge in [-0.25, -0.2) is 4.98 Å². The SMILES string of the molecule is CCc1cccc(C)c1N(C(=O)Cn1c(C2CC(=O)N(c3ccc(OC)cc3)C2)nc2ccccc21)C(C)COC. The first-order valence-electron chi connectivity index (χ1n) is 14.1. The molecule has 1 saturated heterocycles. The minimum atomic E-state index is -0.171. The lowest BCUT2D eigenvalue weighted by Crippen LogP contribution is -2.44. The second-order valence-electron chi connectivity index (χ2n) is 10.7. The van der Waals surface area contributed by atoms with Crippen molar-refractivity contribution in [1.29, 1.82) is 0 Å². The number of rotatable bonds is 10. The lowest BCUT2D eigenvalue weighted by atomic mass is 10.0. The molecule has 3 aromatic carbocycles. The number of fused-ring (bicyclic) bond motifs is 1. The van der Waals surface area contributed by atoms with Gasteiger partial charge in [0, 0.05) is 31.7 Å². The standard InChI is InChI=1S/C33H38N4O4/c1-6-24-11-9-10-22(2)32(24)37(23(3)21-40-4)31(39)20-36-29-13-8-7-12-28(29)34-33(36)25-18-30(38)35(19-25)26-14-16-27(41-5)17-15-26/h7-17,23,25H,6,18-21H2,1-5H3. The van der Waals surface area contributed by atoms with Gasteiger partial charge < -0.3 is 23.8 Å². The smallest absolute Gasteiger partial charge is 0.247 e. The molecule has 2 atom stereocenters. The third kappa shape index (κ3) is 5.57. The molecule has 1 fully saturated rings. The van der Waals surface area contributed by atoms with Crippen molar-refractivity contribution in [3.63, 3.8) is 0 Å². The molecule has 1 aliphatic rings. The first-order valence-corrected chi connectivity index (χ1v) is 14.1. The van der Waals surface area contributed by atoms with E-state index >= 15 is 0 Å². The molecular weight excluding hydrogens is 516 g/mol. The number of aromatic nitrogens is 2. The minimum Gasteiger partial charge on any atom is -0.497 e. The Bertz CT molecular complexity index is 1540. The van der Waals surface area contributed by atoms with Crippen molar-refractivity contribution in [2.45, 2.75) is 52.1 Å². The first kappa shape index (κ1) is 28.4. The zero-order chi connectivity index (χ0) is 29.1. The van der Waals surface area contributed by atoms with Gasteiger partial charge in [-0.3, -0.25) is 9.59 Å². The van der Waals surface area contributed by atoms with Gasteiger partial charge >= 0.3 is 0 Å². The van der Waals surface area contributed by atoms with Crippen LogP contribution in [0, 0.1) is 6.92 Å². The molecule has 0 N–H and O–H groups in total. The molecule has 1 aliphatic heterocycles. The summed E-state index contributed by atoms with van der Waals surface area (Å²) >= 11 is 0. The summed E-state index contributed by atoms with van der Waals surface area (Å²) in [6.07, 6.45) is 1.14. The number of para-hydroxylation sites is 3. The molecule has 0 bridgehead atoms. The average molecular weight is 555 g/mol. The molecule has 0 saturated carbocycles. The van der Waals surface area contributed by atoms with Gasteiger partial charge in [0.15, 0.2) is 0 Å². The molecule has 2 unspecified atom stereocenters. The second-order valence-corrected chi connectivity index (χ2v) is 10.7. The Labute approximate surface area is 241 Å². The lowest BCUT2D eigenvalue weighted by Gasteiger charge is -2.32. The van der Waals surface area contributed by atoms with Crippen molar-refractivity contribution < 1.29 is 19.1 Å². The molecular formula is C33H38N4O4. The van der Waals surface area contributed by atoms with Crippen molar-refractivity contribution in [2.75, 3.05) is 37.2 Å². The van der Waals surface area contributed by atoms with Crippen LogP contribution in [-0.4, -0.2) is 54.8 Å². The number of carbonyl (C=O) groups is 2. The van der Waals surface area contributed by atoms with E-state index in [1.165, 1.54) is 0 Å². The molecule has 8 nitrogen and oxygen atoms in total. The highest BCUT2D eigenvalue weighted by Crippen LogP contribution is 2.35. The highest BCUT2D eigenvalue weighted by molar-refractivity contribution is 5.98. The fourth-order valence-electron chi connectivity index (χ4n) is 5.93. The number of methoxy groups -OCH3 is 2. The molecule has 1 aromatic heterocycles. The molecule has 2 amide bonds. The van der Waals surface area contributed by atoms with Crippen molar-refractivity contribution in [3.8, 4) is 5.75 Å². The van der Waals surface area contributed by atoms with Crippen molar-refractivity contribution in [3.05, 3.63) is 83.7 Å². The van der Waals surface area contributed by atoms with Gasteiger partial charge in [0.1, 0.15) is 18.1 Å². The Kier molecular flexibility index (Phi) is 8.40. The molecule has 2 heterocycles. The normalized spacial score (nSPS) is 15.9. The van der Waals surface area contributed by atoms with Gasteiger partial charge in [-0.1, -0.05) is 37.3 Å². The van der Waals surface area contributed by atoms with Gasteiger partial charge in [-0.15, -0.1) is 0 Å². The van der Waals surface area contributed by atoms with E-state index in [0.717, 1.165) is 51.5 Å². The van der Waals surface area contributed by atoms with Crippen LogP contribution < -0.4 is 14.5 Å². The third-order valence-electron chi connectivity index (χ3n) is 7.91. The van der Waals surface area contributed by atoms with Crippen molar-refractivity contribution in [2.24, 2.45) is 0 Å². The summed E-state index contributed by atoms with van der Waals surface area (Å²) in [7, 11) is 3.28. The van der Waals surface area contributed by atoms with Crippen LogP contribution in [-0.2, 0) is 27.3 Å². The Morgan fingerprint density at radius 2 is 1.83 bits per heavy atom. The van der Waals surface area contributed by atoms with E-state index < -0.39 is 0 Å². The number of hydrogen-bond acceptors (Lipinski definition) is 5. The number of imidazole rings is 1. The molecule has 214 valence electrons. The number of ether oxygens (including phenoxy) is 2. The summed E-state index contributed by atoms with van der Waals surface area (Å²) in [5, 5.41) is 0. The van der Waals surface area contributed by atoms with E-state index in [4.69, 9.17) is 14.5 Å². The maximum Gasteiger partial charge on any atom is 0.247 e. The van der Waals surface area contributed by atoms with E-state index in [1.807, 2.05) is 84.0 Å². The Balaban J connectivity index is 1.51.